The summed E-state index contributed by atoms with van der Waals surface area (Å²) in [7, 11) is 1.66. The summed E-state index contributed by atoms with van der Waals surface area (Å²) in [5, 5.41) is 12.0. The van der Waals surface area contributed by atoms with Crippen LogP contribution in [0.4, 0.5) is 0 Å². The molecule has 0 radical (unpaired) electrons. The zero-order valence-corrected chi connectivity index (χ0v) is 13.4. The van der Waals surface area contributed by atoms with Crippen LogP contribution in [0.3, 0.4) is 0 Å². The fourth-order valence-corrected chi connectivity index (χ4v) is 3.16. The summed E-state index contributed by atoms with van der Waals surface area (Å²) in [4.78, 5) is 23.1. The molecular weight excluding hydrogens is 306 g/mol. The predicted octanol–water partition coefficient (Wildman–Crippen LogP) is 2.74. The molecule has 0 aliphatic heterocycles. The quantitative estimate of drug-likeness (QED) is 0.886. The molecule has 0 saturated carbocycles. The number of rotatable bonds is 5. The van der Waals surface area contributed by atoms with Crippen LogP contribution in [0.2, 0.25) is 0 Å². The molecule has 2 N–H and O–H groups in total. The number of carbonyl (C=O) groups is 2. The molecule has 1 atom stereocenters. The van der Waals surface area contributed by atoms with E-state index >= 15 is 0 Å². The van der Waals surface area contributed by atoms with Gasteiger partial charge in [-0.3, -0.25) is 4.79 Å². The Morgan fingerprint density at radius 1 is 1.21 bits per heavy atom. The van der Waals surface area contributed by atoms with Crippen LogP contribution in [0.5, 0.6) is 5.75 Å². The minimum absolute atomic E-state index is 0.000827. The first-order valence-corrected chi connectivity index (χ1v) is 7.86. The Morgan fingerprint density at radius 3 is 2.62 bits per heavy atom. The number of fused-ring (bicyclic) bond motifs is 1. The van der Waals surface area contributed by atoms with Crippen molar-refractivity contribution in [2.75, 3.05) is 7.11 Å². The van der Waals surface area contributed by atoms with Gasteiger partial charge in [0.05, 0.1) is 25.1 Å². The summed E-state index contributed by atoms with van der Waals surface area (Å²) in [6.45, 7) is 0. The highest BCUT2D eigenvalue weighted by Crippen LogP contribution is 2.36. The Hall–Kier alpha value is -2.82. The van der Waals surface area contributed by atoms with Crippen molar-refractivity contribution >= 4 is 11.9 Å². The molecule has 1 amide bonds. The molecule has 0 heterocycles. The average molecular weight is 325 g/mol. The van der Waals surface area contributed by atoms with Gasteiger partial charge in [0, 0.05) is 0 Å². The van der Waals surface area contributed by atoms with E-state index in [0.29, 0.717) is 0 Å². The van der Waals surface area contributed by atoms with Crippen LogP contribution < -0.4 is 10.1 Å². The van der Waals surface area contributed by atoms with Gasteiger partial charge in [0.1, 0.15) is 5.75 Å². The smallest absolute Gasteiger partial charge is 0.335 e. The Bertz CT molecular complexity index is 767. The number of benzene rings is 2. The molecular formula is C19H19NO4. The topological polar surface area (TPSA) is 75.6 Å². The monoisotopic (exact) mass is 325 g/mol. The van der Waals surface area contributed by atoms with E-state index in [1.807, 2.05) is 18.2 Å². The van der Waals surface area contributed by atoms with Gasteiger partial charge in [-0.05, 0) is 47.7 Å². The summed E-state index contributed by atoms with van der Waals surface area (Å²) in [5.74, 6) is -0.172. The van der Waals surface area contributed by atoms with E-state index in [2.05, 4.69) is 5.32 Å². The molecule has 2 aromatic carbocycles. The van der Waals surface area contributed by atoms with Gasteiger partial charge in [-0.2, -0.15) is 0 Å². The zero-order chi connectivity index (χ0) is 17.1. The van der Waals surface area contributed by atoms with Gasteiger partial charge in [-0.15, -0.1) is 0 Å². The Kier molecular flexibility index (Phi) is 4.51. The van der Waals surface area contributed by atoms with Crippen LogP contribution in [-0.2, 0) is 17.6 Å². The van der Waals surface area contributed by atoms with E-state index in [0.717, 1.165) is 35.3 Å². The first kappa shape index (κ1) is 16.1. The fourth-order valence-electron chi connectivity index (χ4n) is 3.16. The van der Waals surface area contributed by atoms with Crippen LogP contribution in [0.15, 0.2) is 42.5 Å². The predicted molar refractivity (Wildman–Crippen MR) is 89.3 cm³/mol. The van der Waals surface area contributed by atoms with Crippen molar-refractivity contribution in [3.05, 3.63) is 64.7 Å². The van der Waals surface area contributed by atoms with Crippen molar-refractivity contribution in [3.8, 4) is 5.75 Å². The maximum atomic E-state index is 12.3. The molecule has 0 saturated heterocycles. The summed E-state index contributed by atoms with van der Waals surface area (Å²) in [6, 6.07) is 12.3. The van der Waals surface area contributed by atoms with Crippen molar-refractivity contribution in [3.63, 3.8) is 0 Å². The maximum Gasteiger partial charge on any atom is 0.335 e. The highest BCUT2D eigenvalue weighted by Gasteiger charge is 2.26. The molecule has 0 fully saturated rings. The SMILES string of the molecule is COc1cccc2c1CCC2NC(=O)Cc1ccc(C(=O)O)cc1. The van der Waals surface area contributed by atoms with Crippen molar-refractivity contribution in [1.29, 1.82) is 0 Å². The van der Waals surface area contributed by atoms with E-state index in [-0.39, 0.29) is 23.9 Å². The highest BCUT2D eigenvalue weighted by atomic mass is 16.5. The highest BCUT2D eigenvalue weighted by molar-refractivity contribution is 5.87. The second kappa shape index (κ2) is 6.74. The van der Waals surface area contributed by atoms with Crippen LogP contribution in [-0.4, -0.2) is 24.1 Å². The first-order chi connectivity index (χ1) is 11.6. The third-order valence-corrected chi connectivity index (χ3v) is 4.35. The minimum Gasteiger partial charge on any atom is -0.496 e. The van der Waals surface area contributed by atoms with E-state index in [4.69, 9.17) is 9.84 Å². The van der Waals surface area contributed by atoms with Crippen LogP contribution in [0, 0.1) is 0 Å². The summed E-state index contributed by atoms with van der Waals surface area (Å²) in [6.07, 6.45) is 1.98. The minimum atomic E-state index is -0.970. The van der Waals surface area contributed by atoms with Crippen molar-refractivity contribution < 1.29 is 19.4 Å². The van der Waals surface area contributed by atoms with Crippen molar-refractivity contribution in [2.24, 2.45) is 0 Å². The largest absolute Gasteiger partial charge is 0.496 e. The number of carboxylic acid groups (broad SMARTS) is 1. The van der Waals surface area contributed by atoms with Gasteiger partial charge in [-0.1, -0.05) is 24.3 Å². The fraction of sp³-hybridized carbons (Fsp3) is 0.263. The number of amides is 1. The number of carboxylic acids is 1. The first-order valence-electron chi connectivity index (χ1n) is 7.86. The summed E-state index contributed by atoms with van der Waals surface area (Å²) < 4.78 is 5.38. The van der Waals surface area contributed by atoms with Gasteiger partial charge in [0.2, 0.25) is 5.91 Å². The molecule has 1 aliphatic rings. The molecule has 0 bridgehead atoms. The van der Waals surface area contributed by atoms with Crippen LogP contribution >= 0.6 is 0 Å². The lowest BCUT2D eigenvalue weighted by molar-refractivity contribution is -0.121. The number of nitrogens with one attached hydrogen (secondary N) is 1. The van der Waals surface area contributed by atoms with Crippen molar-refractivity contribution in [1.82, 2.24) is 5.32 Å². The lowest BCUT2D eigenvalue weighted by Crippen LogP contribution is -2.28. The second-order valence-electron chi connectivity index (χ2n) is 5.87. The molecule has 1 aliphatic carbocycles. The molecule has 124 valence electrons. The standard InChI is InChI=1S/C19H19NO4/c1-24-17-4-2-3-14-15(17)9-10-16(14)20-18(21)11-12-5-7-13(8-6-12)19(22)23/h2-8,16H,9-11H2,1H3,(H,20,21)(H,22,23). The Morgan fingerprint density at radius 2 is 1.96 bits per heavy atom. The van der Waals surface area contributed by atoms with Gasteiger partial charge in [0.15, 0.2) is 0 Å². The Balaban J connectivity index is 1.66. The lowest BCUT2D eigenvalue weighted by Gasteiger charge is -2.15. The maximum absolute atomic E-state index is 12.3. The van der Waals surface area contributed by atoms with E-state index < -0.39 is 5.97 Å². The molecule has 2 aromatic rings. The van der Waals surface area contributed by atoms with Gasteiger partial charge in [-0.25, -0.2) is 4.79 Å². The summed E-state index contributed by atoms with van der Waals surface area (Å²) >= 11 is 0. The molecule has 3 rings (SSSR count). The van der Waals surface area contributed by atoms with E-state index in [1.54, 1.807) is 19.2 Å². The van der Waals surface area contributed by atoms with Crippen LogP contribution in [0.1, 0.15) is 39.5 Å². The van der Waals surface area contributed by atoms with Crippen molar-refractivity contribution in [2.45, 2.75) is 25.3 Å². The third kappa shape index (κ3) is 3.25. The van der Waals surface area contributed by atoms with E-state index in [1.165, 1.54) is 12.1 Å². The number of methoxy groups -OCH3 is 1. The molecule has 1 unspecified atom stereocenters. The van der Waals surface area contributed by atoms with Crippen LogP contribution in [0.25, 0.3) is 0 Å². The molecule has 5 nitrogen and oxygen atoms in total. The molecule has 5 heteroatoms. The van der Waals surface area contributed by atoms with E-state index in [9.17, 15) is 9.59 Å². The second-order valence-corrected chi connectivity index (χ2v) is 5.87. The number of hydrogen-bond donors (Lipinski definition) is 2. The van der Waals surface area contributed by atoms with Gasteiger partial charge < -0.3 is 15.2 Å². The average Bonchev–Trinajstić information content (AvgIpc) is 2.98. The number of hydrogen-bond acceptors (Lipinski definition) is 3. The third-order valence-electron chi connectivity index (χ3n) is 4.35. The number of carbonyl (C=O) groups excluding carboxylic acids is 1. The molecule has 24 heavy (non-hydrogen) atoms. The number of aromatic carboxylic acids is 1. The Labute approximate surface area is 140 Å². The number of ether oxygens (including phenoxy) is 1. The zero-order valence-electron chi connectivity index (χ0n) is 13.4. The van der Waals surface area contributed by atoms with Gasteiger partial charge >= 0.3 is 5.97 Å². The summed E-state index contributed by atoms with van der Waals surface area (Å²) in [5.41, 5.74) is 3.29. The molecule has 0 spiro atoms. The normalized spacial score (nSPS) is 15.6. The lowest BCUT2D eigenvalue weighted by atomic mass is 10.1. The van der Waals surface area contributed by atoms with Gasteiger partial charge in [0.25, 0.3) is 0 Å². The molecule has 0 aromatic heterocycles.